The quantitative estimate of drug-likeness (QED) is 0.757. The van der Waals surface area contributed by atoms with E-state index in [2.05, 4.69) is 16.0 Å². The molecule has 1 heterocycles. The number of carbonyl (C=O) groups is 2. The minimum Gasteiger partial charge on any atom is -0.382 e. The van der Waals surface area contributed by atoms with E-state index in [1.807, 2.05) is 54.6 Å². The molecule has 0 unspecified atom stereocenters. The van der Waals surface area contributed by atoms with Crippen molar-refractivity contribution in [1.29, 1.82) is 0 Å². The molecule has 0 aromatic heterocycles. The van der Waals surface area contributed by atoms with E-state index in [0.717, 1.165) is 28.2 Å². The number of para-hydroxylation sites is 2. The third kappa shape index (κ3) is 3.63. The summed E-state index contributed by atoms with van der Waals surface area (Å²) in [4.78, 5) is 23.0. The molecule has 2 aromatic rings. The van der Waals surface area contributed by atoms with Crippen LogP contribution in [0.1, 0.15) is 24.5 Å². The van der Waals surface area contributed by atoms with Crippen molar-refractivity contribution in [3.63, 3.8) is 0 Å². The summed E-state index contributed by atoms with van der Waals surface area (Å²) in [5.74, 6) is -0.0906. The summed E-state index contributed by atoms with van der Waals surface area (Å²) in [6.45, 7) is 2.09. The summed E-state index contributed by atoms with van der Waals surface area (Å²) in [5.41, 5.74) is 4.37. The summed E-state index contributed by atoms with van der Waals surface area (Å²) < 4.78 is 0. The van der Waals surface area contributed by atoms with Crippen LogP contribution in [0, 0.1) is 0 Å². The maximum Gasteiger partial charge on any atom is 0.226 e. The van der Waals surface area contributed by atoms with Crippen molar-refractivity contribution in [3.05, 3.63) is 53.6 Å². The molecule has 2 amide bonds. The van der Waals surface area contributed by atoms with Crippen molar-refractivity contribution in [2.45, 2.75) is 13.3 Å². The zero-order valence-corrected chi connectivity index (χ0v) is 13.4. The first-order valence-corrected chi connectivity index (χ1v) is 7.85. The van der Waals surface area contributed by atoms with Gasteiger partial charge in [-0.2, -0.15) is 0 Å². The molecule has 0 atom stereocenters. The van der Waals surface area contributed by atoms with Crippen LogP contribution in [0.5, 0.6) is 0 Å². The number of hydrogen-bond donors (Lipinski definition) is 3. The smallest absolute Gasteiger partial charge is 0.226 e. The number of anilines is 3. The predicted octanol–water partition coefficient (Wildman–Crippen LogP) is 3.57. The molecule has 0 saturated heterocycles. The second-order valence-corrected chi connectivity index (χ2v) is 5.60. The van der Waals surface area contributed by atoms with Crippen molar-refractivity contribution in [2.24, 2.45) is 0 Å². The zero-order valence-electron chi connectivity index (χ0n) is 13.4. The van der Waals surface area contributed by atoms with Crippen molar-refractivity contribution in [1.82, 2.24) is 0 Å². The molecule has 5 nitrogen and oxygen atoms in total. The topological polar surface area (TPSA) is 70.2 Å². The molecule has 1 aliphatic rings. The van der Waals surface area contributed by atoms with Crippen molar-refractivity contribution < 1.29 is 9.59 Å². The Hall–Kier alpha value is -3.08. The Morgan fingerprint density at radius 2 is 1.83 bits per heavy atom. The predicted molar refractivity (Wildman–Crippen MR) is 97.9 cm³/mol. The van der Waals surface area contributed by atoms with Crippen molar-refractivity contribution in [2.75, 3.05) is 22.5 Å². The van der Waals surface area contributed by atoms with Gasteiger partial charge in [0.15, 0.2) is 0 Å². The first kappa shape index (κ1) is 15.8. The summed E-state index contributed by atoms with van der Waals surface area (Å²) in [6.07, 6.45) is 4.38. The minimum absolute atomic E-state index is 0.0124. The molecular weight excluding hydrogens is 302 g/mol. The maximum absolute atomic E-state index is 11.7. The molecule has 0 fully saturated rings. The molecule has 0 radical (unpaired) electrons. The van der Waals surface area contributed by atoms with Gasteiger partial charge in [0.05, 0.1) is 11.4 Å². The van der Waals surface area contributed by atoms with Crippen LogP contribution < -0.4 is 16.0 Å². The highest BCUT2D eigenvalue weighted by Crippen LogP contribution is 2.30. The van der Waals surface area contributed by atoms with Gasteiger partial charge >= 0.3 is 0 Å². The van der Waals surface area contributed by atoms with Crippen LogP contribution in [0.25, 0.3) is 12.2 Å². The van der Waals surface area contributed by atoms with Gasteiger partial charge in [0.2, 0.25) is 11.8 Å². The molecule has 3 rings (SSSR count). The van der Waals surface area contributed by atoms with Gasteiger partial charge in [-0.25, -0.2) is 0 Å². The van der Waals surface area contributed by atoms with E-state index in [-0.39, 0.29) is 11.8 Å². The van der Waals surface area contributed by atoms with Gasteiger partial charge in [-0.1, -0.05) is 42.5 Å². The lowest BCUT2D eigenvalue weighted by Gasteiger charge is -2.11. The lowest BCUT2D eigenvalue weighted by molar-refractivity contribution is -0.116. The molecule has 0 saturated carbocycles. The number of hydrogen-bond acceptors (Lipinski definition) is 3. The Kier molecular flexibility index (Phi) is 4.61. The second-order valence-electron chi connectivity index (χ2n) is 5.60. The van der Waals surface area contributed by atoms with Gasteiger partial charge in [0.25, 0.3) is 0 Å². The van der Waals surface area contributed by atoms with Crippen molar-refractivity contribution >= 4 is 41.0 Å². The van der Waals surface area contributed by atoms with E-state index in [1.165, 1.54) is 6.92 Å². The minimum atomic E-state index is -0.103. The molecular formula is C19H19N3O2. The van der Waals surface area contributed by atoms with Gasteiger partial charge in [0, 0.05) is 25.6 Å². The monoisotopic (exact) mass is 321 g/mol. The number of benzene rings is 2. The number of amides is 2. The third-order valence-electron chi connectivity index (χ3n) is 3.74. The molecule has 3 N–H and O–H groups in total. The fourth-order valence-corrected chi connectivity index (χ4v) is 2.65. The fraction of sp³-hybridized carbons (Fsp3) is 0.158. The van der Waals surface area contributed by atoms with Gasteiger partial charge in [-0.05, 0) is 23.3 Å². The Bertz CT molecular complexity index is 812. The SMILES string of the molecule is CC(=O)Nc1ccccc1/C=C/c1cccc2c1NCCC(=O)N2. The molecule has 1 aliphatic heterocycles. The Morgan fingerprint density at radius 3 is 2.67 bits per heavy atom. The van der Waals surface area contributed by atoms with E-state index < -0.39 is 0 Å². The summed E-state index contributed by atoms with van der Waals surface area (Å²) in [6, 6.07) is 13.4. The van der Waals surface area contributed by atoms with Gasteiger partial charge in [-0.3, -0.25) is 9.59 Å². The van der Waals surface area contributed by atoms with E-state index in [9.17, 15) is 9.59 Å². The molecule has 2 aromatic carbocycles. The van der Waals surface area contributed by atoms with Gasteiger partial charge in [-0.15, -0.1) is 0 Å². The highest BCUT2D eigenvalue weighted by atomic mass is 16.2. The molecule has 0 aliphatic carbocycles. The lowest BCUT2D eigenvalue weighted by Crippen LogP contribution is -2.10. The van der Waals surface area contributed by atoms with Crippen LogP contribution in [0.2, 0.25) is 0 Å². The summed E-state index contributed by atoms with van der Waals surface area (Å²) in [5, 5.41) is 9.03. The largest absolute Gasteiger partial charge is 0.382 e. The Labute approximate surface area is 140 Å². The average molecular weight is 321 g/mol. The first-order valence-electron chi connectivity index (χ1n) is 7.85. The summed E-state index contributed by atoms with van der Waals surface area (Å²) >= 11 is 0. The Balaban J connectivity index is 1.92. The van der Waals surface area contributed by atoms with E-state index >= 15 is 0 Å². The molecule has 0 bridgehead atoms. The van der Waals surface area contributed by atoms with Gasteiger partial charge < -0.3 is 16.0 Å². The standard InChI is InChI=1S/C19H19N3O2/c1-13(23)21-16-7-3-2-5-14(16)9-10-15-6-4-8-17-19(15)20-12-11-18(24)22-17/h2-10,20H,11-12H2,1H3,(H,21,23)(H,22,24)/b10-9+. The molecule has 5 heteroatoms. The second kappa shape index (κ2) is 7.00. The highest BCUT2D eigenvalue weighted by Gasteiger charge is 2.13. The lowest BCUT2D eigenvalue weighted by atomic mass is 10.1. The molecule has 0 spiro atoms. The zero-order chi connectivity index (χ0) is 16.9. The van der Waals surface area contributed by atoms with Crippen LogP contribution in [0.15, 0.2) is 42.5 Å². The Morgan fingerprint density at radius 1 is 1.08 bits per heavy atom. The van der Waals surface area contributed by atoms with Crippen LogP contribution >= 0.6 is 0 Å². The van der Waals surface area contributed by atoms with Crippen LogP contribution in [-0.4, -0.2) is 18.4 Å². The molecule has 122 valence electrons. The van der Waals surface area contributed by atoms with Gasteiger partial charge in [0.1, 0.15) is 0 Å². The third-order valence-corrected chi connectivity index (χ3v) is 3.74. The van der Waals surface area contributed by atoms with Crippen LogP contribution in [-0.2, 0) is 9.59 Å². The highest BCUT2D eigenvalue weighted by molar-refractivity contribution is 5.98. The van der Waals surface area contributed by atoms with E-state index in [1.54, 1.807) is 0 Å². The van der Waals surface area contributed by atoms with Crippen LogP contribution in [0.3, 0.4) is 0 Å². The van der Waals surface area contributed by atoms with Crippen LogP contribution in [0.4, 0.5) is 17.1 Å². The molecule has 24 heavy (non-hydrogen) atoms. The number of carbonyl (C=O) groups excluding carboxylic acids is 2. The summed E-state index contributed by atoms with van der Waals surface area (Å²) in [7, 11) is 0. The first-order chi connectivity index (χ1) is 11.6. The number of nitrogens with one attached hydrogen (secondary N) is 3. The number of fused-ring (bicyclic) bond motifs is 1. The number of rotatable bonds is 3. The van der Waals surface area contributed by atoms with E-state index in [0.29, 0.717) is 13.0 Å². The fourth-order valence-electron chi connectivity index (χ4n) is 2.65. The normalized spacial score (nSPS) is 13.6. The maximum atomic E-state index is 11.7. The average Bonchev–Trinajstić information content (AvgIpc) is 2.74. The van der Waals surface area contributed by atoms with Crippen molar-refractivity contribution in [3.8, 4) is 0 Å². The van der Waals surface area contributed by atoms with E-state index in [4.69, 9.17) is 0 Å².